The average molecular weight is 487 g/mol. The molecule has 1 N–H and O–H groups in total. The van der Waals surface area contributed by atoms with Gasteiger partial charge in [-0.05, 0) is 49.9 Å². The lowest BCUT2D eigenvalue weighted by molar-refractivity contribution is -0.116. The van der Waals surface area contributed by atoms with Crippen molar-refractivity contribution in [3.63, 3.8) is 0 Å². The number of methoxy groups -OCH3 is 1. The Morgan fingerprint density at radius 3 is 2.71 bits per heavy atom. The third kappa shape index (κ3) is 6.20. The molecule has 170 valence electrons. The van der Waals surface area contributed by atoms with Gasteiger partial charge in [0.1, 0.15) is 16.9 Å². The molecule has 31 heavy (non-hydrogen) atoms. The number of hydrogen-bond donors (Lipinski definition) is 1. The van der Waals surface area contributed by atoms with E-state index in [2.05, 4.69) is 4.90 Å². The monoisotopic (exact) mass is 486 g/mol. The van der Waals surface area contributed by atoms with Gasteiger partial charge in [-0.1, -0.05) is 23.4 Å². The van der Waals surface area contributed by atoms with E-state index in [4.69, 9.17) is 26.2 Å². The van der Waals surface area contributed by atoms with Crippen LogP contribution in [-0.4, -0.2) is 56.4 Å². The Hall–Kier alpha value is -1.64. The number of aliphatic hydroxyl groups is 1. The van der Waals surface area contributed by atoms with Crippen molar-refractivity contribution in [1.82, 2.24) is 4.90 Å². The zero-order valence-corrected chi connectivity index (χ0v) is 20.2. The molecule has 0 fully saturated rings. The first kappa shape index (κ1) is 25.6. The number of amides is 1. The fourth-order valence-corrected chi connectivity index (χ4v) is 5.03. The Kier molecular flexibility index (Phi) is 9.78. The number of fused-ring (bicyclic) bond motifs is 1. The summed E-state index contributed by atoms with van der Waals surface area (Å²) in [6.07, 6.45) is 0.825. The number of nitrogens with zero attached hydrogens (tertiary/aromatic N) is 2. The van der Waals surface area contributed by atoms with Crippen molar-refractivity contribution in [3.8, 4) is 11.5 Å². The van der Waals surface area contributed by atoms with Crippen molar-refractivity contribution < 1.29 is 19.4 Å². The van der Waals surface area contributed by atoms with Crippen LogP contribution < -0.4 is 14.4 Å². The molecule has 2 aromatic rings. The zero-order valence-electron chi connectivity index (χ0n) is 17.8. The maximum absolute atomic E-state index is 12.5. The molecule has 0 saturated heterocycles. The standard InChI is InChI=1S/C22H27ClN2O4S.ClH/c1-15(27)25-19-7-5-16(23)13-21(19)30-22(25)18-14-17(28-3)6-8-20(18)29-12-4-9-24(2)10-11-26;/h5-8,13-14,22,26H,4,9-12H2,1-3H3;1H. The zero-order chi connectivity index (χ0) is 21.7. The van der Waals surface area contributed by atoms with Crippen LogP contribution in [0.15, 0.2) is 41.3 Å². The highest BCUT2D eigenvalue weighted by Gasteiger charge is 2.36. The lowest BCUT2D eigenvalue weighted by Crippen LogP contribution is -2.28. The normalized spacial score (nSPS) is 14.9. The van der Waals surface area contributed by atoms with E-state index in [1.54, 1.807) is 36.8 Å². The van der Waals surface area contributed by atoms with Crippen molar-refractivity contribution in [2.45, 2.75) is 23.6 Å². The van der Waals surface area contributed by atoms with E-state index in [0.717, 1.165) is 34.9 Å². The molecule has 0 spiro atoms. The molecule has 0 radical (unpaired) electrons. The van der Waals surface area contributed by atoms with Crippen molar-refractivity contribution >= 4 is 47.4 Å². The highest BCUT2D eigenvalue weighted by molar-refractivity contribution is 8.00. The third-order valence-corrected chi connectivity index (χ3v) is 6.40. The van der Waals surface area contributed by atoms with Gasteiger partial charge in [0.15, 0.2) is 0 Å². The van der Waals surface area contributed by atoms with E-state index >= 15 is 0 Å². The highest BCUT2D eigenvalue weighted by atomic mass is 35.5. The lowest BCUT2D eigenvalue weighted by Gasteiger charge is -2.26. The van der Waals surface area contributed by atoms with Gasteiger partial charge >= 0.3 is 0 Å². The molecule has 1 aliphatic rings. The first-order valence-electron chi connectivity index (χ1n) is 9.80. The second-order valence-electron chi connectivity index (χ2n) is 7.10. The molecule has 6 nitrogen and oxygen atoms in total. The number of aliphatic hydroxyl groups excluding tert-OH is 1. The molecule has 1 aliphatic heterocycles. The van der Waals surface area contributed by atoms with Crippen LogP contribution in [0.3, 0.4) is 0 Å². The summed E-state index contributed by atoms with van der Waals surface area (Å²) >= 11 is 7.75. The topological polar surface area (TPSA) is 62.2 Å². The maximum atomic E-state index is 12.5. The Labute approximate surface area is 198 Å². The molecule has 3 rings (SSSR count). The third-order valence-electron chi connectivity index (χ3n) is 4.90. The number of hydrogen-bond acceptors (Lipinski definition) is 6. The van der Waals surface area contributed by atoms with E-state index in [1.807, 2.05) is 37.4 Å². The van der Waals surface area contributed by atoms with Gasteiger partial charge in [-0.3, -0.25) is 9.69 Å². The van der Waals surface area contributed by atoms with Gasteiger partial charge in [-0.15, -0.1) is 12.4 Å². The smallest absolute Gasteiger partial charge is 0.225 e. The summed E-state index contributed by atoms with van der Waals surface area (Å²) in [6, 6.07) is 11.2. The second kappa shape index (κ2) is 11.8. The van der Waals surface area contributed by atoms with Crippen LogP contribution in [0, 0.1) is 0 Å². The van der Waals surface area contributed by atoms with E-state index in [9.17, 15) is 4.79 Å². The number of carbonyl (C=O) groups excluding carboxylic acids is 1. The molecule has 1 heterocycles. The van der Waals surface area contributed by atoms with Gasteiger partial charge in [0.2, 0.25) is 5.91 Å². The van der Waals surface area contributed by atoms with Gasteiger partial charge in [-0.2, -0.15) is 0 Å². The molecule has 0 bridgehead atoms. The van der Waals surface area contributed by atoms with Crippen LogP contribution in [-0.2, 0) is 4.79 Å². The van der Waals surface area contributed by atoms with Crippen molar-refractivity contribution in [2.75, 3.05) is 45.4 Å². The minimum absolute atomic E-state index is 0. The summed E-state index contributed by atoms with van der Waals surface area (Å²) < 4.78 is 11.5. The lowest BCUT2D eigenvalue weighted by atomic mass is 10.1. The second-order valence-corrected chi connectivity index (χ2v) is 8.66. The average Bonchev–Trinajstić information content (AvgIpc) is 3.10. The Balaban J connectivity index is 0.00000341. The molecule has 1 unspecified atom stereocenters. The predicted molar refractivity (Wildman–Crippen MR) is 128 cm³/mol. The molecule has 2 aromatic carbocycles. The minimum Gasteiger partial charge on any atom is -0.497 e. The minimum atomic E-state index is -0.266. The van der Waals surface area contributed by atoms with Crippen LogP contribution in [0.2, 0.25) is 5.02 Å². The molecule has 9 heteroatoms. The fourth-order valence-electron chi connectivity index (χ4n) is 3.40. The van der Waals surface area contributed by atoms with Gasteiger partial charge in [0.25, 0.3) is 0 Å². The molecule has 0 aromatic heterocycles. The van der Waals surface area contributed by atoms with Crippen molar-refractivity contribution in [3.05, 3.63) is 47.0 Å². The Bertz CT molecular complexity index is 900. The summed E-state index contributed by atoms with van der Waals surface area (Å²) in [6.45, 7) is 3.71. The number of rotatable bonds is 9. The summed E-state index contributed by atoms with van der Waals surface area (Å²) in [4.78, 5) is 17.3. The first-order valence-corrected chi connectivity index (χ1v) is 11.1. The molecule has 0 aliphatic carbocycles. The number of ether oxygens (including phenoxy) is 2. The van der Waals surface area contributed by atoms with Crippen LogP contribution in [0.5, 0.6) is 11.5 Å². The maximum Gasteiger partial charge on any atom is 0.225 e. The fraction of sp³-hybridized carbons (Fsp3) is 0.409. The van der Waals surface area contributed by atoms with Crippen LogP contribution in [0.1, 0.15) is 24.3 Å². The quantitative estimate of drug-likeness (QED) is 0.521. The number of halogens is 2. The van der Waals surface area contributed by atoms with Crippen LogP contribution >= 0.6 is 35.8 Å². The molecule has 1 amide bonds. The van der Waals surface area contributed by atoms with E-state index in [0.29, 0.717) is 23.9 Å². The van der Waals surface area contributed by atoms with Gasteiger partial charge in [-0.25, -0.2) is 0 Å². The highest BCUT2D eigenvalue weighted by Crippen LogP contribution is 2.54. The molecular weight excluding hydrogens is 459 g/mol. The SMILES string of the molecule is COc1ccc(OCCCN(C)CCO)c(C2Sc3cc(Cl)ccc3N2C(C)=O)c1.Cl. The summed E-state index contributed by atoms with van der Waals surface area (Å²) in [5, 5.41) is 9.38. The first-order chi connectivity index (χ1) is 14.4. The molecular formula is C22H28Cl2N2O4S. The Morgan fingerprint density at radius 1 is 1.26 bits per heavy atom. The number of likely N-dealkylation sites (N-methyl/N-ethyl adjacent to an activating group) is 1. The Morgan fingerprint density at radius 2 is 2.03 bits per heavy atom. The number of thioether (sulfide) groups is 1. The van der Waals surface area contributed by atoms with Crippen molar-refractivity contribution in [2.24, 2.45) is 0 Å². The molecule has 1 atom stereocenters. The predicted octanol–water partition coefficient (Wildman–Crippen LogP) is 4.62. The number of carbonyl (C=O) groups is 1. The number of benzene rings is 2. The largest absolute Gasteiger partial charge is 0.497 e. The van der Waals surface area contributed by atoms with Crippen LogP contribution in [0.4, 0.5) is 5.69 Å². The molecule has 0 saturated carbocycles. The van der Waals surface area contributed by atoms with Gasteiger partial charge in [0, 0.05) is 35.5 Å². The summed E-state index contributed by atoms with van der Waals surface area (Å²) in [7, 11) is 3.59. The number of anilines is 1. The summed E-state index contributed by atoms with van der Waals surface area (Å²) in [5.41, 5.74) is 1.73. The van der Waals surface area contributed by atoms with Crippen LogP contribution in [0.25, 0.3) is 0 Å². The van der Waals surface area contributed by atoms with E-state index < -0.39 is 0 Å². The van der Waals surface area contributed by atoms with E-state index in [-0.39, 0.29) is 30.3 Å². The summed E-state index contributed by atoms with van der Waals surface area (Å²) in [5.74, 6) is 1.38. The van der Waals surface area contributed by atoms with Crippen molar-refractivity contribution in [1.29, 1.82) is 0 Å². The van der Waals surface area contributed by atoms with Gasteiger partial charge in [0.05, 0.1) is 26.0 Å². The van der Waals surface area contributed by atoms with E-state index in [1.165, 1.54) is 0 Å². The van der Waals surface area contributed by atoms with Gasteiger partial charge < -0.3 is 19.5 Å².